The van der Waals surface area contributed by atoms with Gasteiger partial charge in [-0.3, -0.25) is 9.20 Å². The average Bonchev–Trinajstić information content (AvgIpc) is 3.11. The van der Waals surface area contributed by atoms with E-state index in [0.29, 0.717) is 11.8 Å². The summed E-state index contributed by atoms with van der Waals surface area (Å²) in [7, 11) is 0. The highest BCUT2D eigenvalue weighted by Crippen LogP contribution is 2.60. The molecule has 4 saturated carbocycles. The number of carbonyl (C=O) groups excluding carboxylic acids is 1. The lowest BCUT2D eigenvalue weighted by atomic mass is 9.49. The first-order valence-electron chi connectivity index (χ1n) is 10.8. The molecule has 5 fully saturated rings. The molecule has 1 amide bonds. The van der Waals surface area contributed by atoms with Crippen LogP contribution in [0.1, 0.15) is 63.1 Å². The molecule has 5 aliphatic rings. The molecular weight excluding hydrogens is 336 g/mol. The minimum atomic E-state index is -0.0243. The molecule has 5 nitrogen and oxygen atoms in total. The molecule has 2 aromatic heterocycles. The first kappa shape index (κ1) is 16.1. The number of fused-ring (bicyclic) bond motifs is 1. The number of aromatic nitrogens is 3. The first-order valence-corrected chi connectivity index (χ1v) is 10.8. The molecule has 2 aromatic rings. The van der Waals surface area contributed by atoms with E-state index in [1.807, 2.05) is 24.4 Å². The lowest BCUT2D eigenvalue weighted by molar-refractivity contribution is -0.159. The maximum absolute atomic E-state index is 13.7. The van der Waals surface area contributed by atoms with Gasteiger partial charge in [0.15, 0.2) is 5.65 Å². The van der Waals surface area contributed by atoms with Crippen LogP contribution >= 0.6 is 0 Å². The van der Waals surface area contributed by atoms with E-state index in [-0.39, 0.29) is 5.41 Å². The Hall–Kier alpha value is -1.91. The summed E-state index contributed by atoms with van der Waals surface area (Å²) in [6, 6.07) is 6.02. The molecular formula is C22H28N4O. The Labute approximate surface area is 160 Å². The van der Waals surface area contributed by atoms with Crippen LogP contribution in [-0.2, 0) is 4.79 Å². The highest BCUT2D eigenvalue weighted by Gasteiger charge is 2.55. The zero-order valence-electron chi connectivity index (χ0n) is 15.9. The molecule has 142 valence electrons. The SMILES string of the molecule is O=C(N1CCCC(c2nnc3ccccn23)C1)C12CC3CC(CC(C3)C1)C2. The largest absolute Gasteiger partial charge is 0.341 e. The van der Waals surface area contributed by atoms with Gasteiger partial charge in [-0.15, -0.1) is 10.2 Å². The minimum absolute atomic E-state index is 0.0243. The van der Waals surface area contributed by atoms with Crippen LogP contribution in [0.2, 0.25) is 0 Å². The summed E-state index contributed by atoms with van der Waals surface area (Å²) < 4.78 is 2.10. The van der Waals surface area contributed by atoms with Gasteiger partial charge in [0.05, 0.1) is 5.41 Å². The second kappa shape index (κ2) is 5.79. The Balaban J connectivity index is 1.26. The van der Waals surface area contributed by atoms with Crippen molar-refractivity contribution in [1.29, 1.82) is 0 Å². The van der Waals surface area contributed by atoms with Crippen LogP contribution in [0.4, 0.5) is 0 Å². The Kier molecular flexibility index (Phi) is 3.45. The molecule has 7 rings (SSSR count). The predicted molar refractivity (Wildman–Crippen MR) is 102 cm³/mol. The van der Waals surface area contributed by atoms with Crippen LogP contribution in [0.25, 0.3) is 5.65 Å². The third kappa shape index (κ3) is 2.46. The number of pyridine rings is 1. The molecule has 1 aliphatic heterocycles. The molecule has 5 heteroatoms. The number of piperidine rings is 1. The van der Waals surface area contributed by atoms with Gasteiger partial charge >= 0.3 is 0 Å². The van der Waals surface area contributed by atoms with E-state index in [0.717, 1.165) is 74.4 Å². The second-order valence-corrected chi connectivity index (χ2v) is 9.78. The third-order valence-corrected chi connectivity index (χ3v) is 7.91. The van der Waals surface area contributed by atoms with Crippen molar-refractivity contribution < 1.29 is 4.79 Å². The van der Waals surface area contributed by atoms with Gasteiger partial charge in [-0.1, -0.05) is 6.07 Å². The van der Waals surface area contributed by atoms with Crippen molar-refractivity contribution in [3.05, 3.63) is 30.2 Å². The number of likely N-dealkylation sites (tertiary alicyclic amines) is 1. The summed E-state index contributed by atoms with van der Waals surface area (Å²) >= 11 is 0. The molecule has 1 unspecified atom stereocenters. The van der Waals surface area contributed by atoms with Crippen molar-refractivity contribution in [2.75, 3.05) is 13.1 Å². The van der Waals surface area contributed by atoms with Gasteiger partial charge in [0, 0.05) is 25.2 Å². The fourth-order valence-corrected chi connectivity index (χ4v) is 7.22. The monoisotopic (exact) mass is 364 g/mol. The van der Waals surface area contributed by atoms with Gasteiger partial charge < -0.3 is 4.90 Å². The fourth-order valence-electron chi connectivity index (χ4n) is 7.22. The zero-order chi connectivity index (χ0) is 18.0. The Morgan fingerprint density at radius 2 is 1.78 bits per heavy atom. The molecule has 0 N–H and O–H groups in total. The zero-order valence-corrected chi connectivity index (χ0v) is 15.9. The van der Waals surface area contributed by atoms with Gasteiger partial charge in [-0.05, 0) is 81.3 Å². The Bertz CT molecular complexity index is 852. The average molecular weight is 364 g/mol. The van der Waals surface area contributed by atoms with Crippen LogP contribution in [0.15, 0.2) is 24.4 Å². The van der Waals surface area contributed by atoms with Crippen LogP contribution in [0.5, 0.6) is 0 Å². The van der Waals surface area contributed by atoms with Crippen molar-refractivity contribution in [3.63, 3.8) is 0 Å². The Morgan fingerprint density at radius 1 is 1.04 bits per heavy atom. The minimum Gasteiger partial charge on any atom is -0.341 e. The maximum Gasteiger partial charge on any atom is 0.228 e. The number of rotatable bonds is 2. The normalized spacial score (nSPS) is 37.9. The lowest BCUT2D eigenvalue weighted by Gasteiger charge is -2.57. The molecule has 1 saturated heterocycles. The number of nitrogens with zero attached hydrogens (tertiary/aromatic N) is 4. The lowest BCUT2D eigenvalue weighted by Crippen LogP contribution is -2.56. The third-order valence-electron chi connectivity index (χ3n) is 7.91. The fraction of sp³-hybridized carbons (Fsp3) is 0.682. The maximum atomic E-state index is 13.7. The van der Waals surface area contributed by atoms with E-state index in [1.165, 1.54) is 19.3 Å². The number of carbonyl (C=O) groups is 1. The summed E-state index contributed by atoms with van der Waals surface area (Å²) in [5, 5.41) is 8.81. The van der Waals surface area contributed by atoms with Crippen molar-refractivity contribution in [1.82, 2.24) is 19.5 Å². The standard InChI is InChI=1S/C22H28N4O/c27-21(22-11-15-8-16(12-22)10-17(9-15)13-22)25-6-3-4-18(14-25)20-24-23-19-5-1-2-7-26(19)20/h1-2,5,7,15-18H,3-4,6,8-14H2. The number of amides is 1. The molecule has 4 aliphatic carbocycles. The quantitative estimate of drug-likeness (QED) is 0.817. The van der Waals surface area contributed by atoms with Crippen molar-refractivity contribution in [2.45, 2.75) is 57.3 Å². The van der Waals surface area contributed by atoms with Gasteiger partial charge in [0.1, 0.15) is 5.82 Å². The van der Waals surface area contributed by atoms with E-state index in [4.69, 9.17) is 0 Å². The van der Waals surface area contributed by atoms with E-state index in [2.05, 4.69) is 19.5 Å². The number of hydrogen-bond acceptors (Lipinski definition) is 3. The molecule has 1 atom stereocenters. The molecule has 4 bridgehead atoms. The summed E-state index contributed by atoms with van der Waals surface area (Å²) in [5.41, 5.74) is 0.876. The van der Waals surface area contributed by atoms with Gasteiger partial charge in [-0.2, -0.15) is 0 Å². The smallest absolute Gasteiger partial charge is 0.228 e. The van der Waals surface area contributed by atoms with E-state index >= 15 is 0 Å². The van der Waals surface area contributed by atoms with Crippen molar-refractivity contribution in [3.8, 4) is 0 Å². The van der Waals surface area contributed by atoms with E-state index in [9.17, 15) is 4.79 Å². The summed E-state index contributed by atoms with van der Waals surface area (Å²) in [5.74, 6) is 4.26. The molecule has 0 radical (unpaired) electrons. The molecule has 3 heterocycles. The number of hydrogen-bond donors (Lipinski definition) is 0. The first-order chi connectivity index (χ1) is 13.2. The highest BCUT2D eigenvalue weighted by atomic mass is 16.2. The van der Waals surface area contributed by atoms with Crippen LogP contribution in [0.3, 0.4) is 0 Å². The molecule has 0 spiro atoms. The highest BCUT2D eigenvalue weighted by molar-refractivity contribution is 5.83. The topological polar surface area (TPSA) is 50.5 Å². The van der Waals surface area contributed by atoms with Crippen LogP contribution in [-0.4, -0.2) is 38.5 Å². The van der Waals surface area contributed by atoms with E-state index in [1.54, 1.807) is 0 Å². The van der Waals surface area contributed by atoms with Gasteiger partial charge in [0.2, 0.25) is 5.91 Å². The molecule has 0 aromatic carbocycles. The van der Waals surface area contributed by atoms with Crippen LogP contribution in [0, 0.1) is 23.2 Å². The van der Waals surface area contributed by atoms with E-state index < -0.39 is 0 Å². The van der Waals surface area contributed by atoms with Crippen molar-refractivity contribution in [2.24, 2.45) is 23.2 Å². The van der Waals surface area contributed by atoms with Gasteiger partial charge in [-0.25, -0.2) is 0 Å². The van der Waals surface area contributed by atoms with Crippen molar-refractivity contribution >= 4 is 11.6 Å². The molecule has 27 heavy (non-hydrogen) atoms. The summed E-state index contributed by atoms with van der Waals surface area (Å²) in [6.07, 6.45) is 11.9. The summed E-state index contributed by atoms with van der Waals surface area (Å²) in [6.45, 7) is 1.74. The Morgan fingerprint density at radius 3 is 2.52 bits per heavy atom. The van der Waals surface area contributed by atoms with Gasteiger partial charge in [0.25, 0.3) is 0 Å². The summed E-state index contributed by atoms with van der Waals surface area (Å²) in [4.78, 5) is 15.9. The second-order valence-electron chi connectivity index (χ2n) is 9.78. The predicted octanol–water partition coefficient (Wildman–Crippen LogP) is 3.65. The van der Waals surface area contributed by atoms with Crippen LogP contribution < -0.4 is 0 Å².